The first-order valence-electron chi connectivity index (χ1n) is 12.4. The van der Waals surface area contributed by atoms with Crippen molar-refractivity contribution >= 4 is 6.09 Å². The molecule has 0 radical (unpaired) electrons. The normalized spacial score (nSPS) is 23.0. The van der Waals surface area contributed by atoms with E-state index < -0.39 is 17.3 Å². The van der Waals surface area contributed by atoms with Crippen LogP contribution in [0.5, 0.6) is 0 Å². The summed E-state index contributed by atoms with van der Waals surface area (Å²) in [5, 5.41) is 0. The van der Waals surface area contributed by atoms with Crippen LogP contribution in [0.2, 0.25) is 0 Å². The van der Waals surface area contributed by atoms with Gasteiger partial charge in [0.15, 0.2) is 0 Å². The average molecular weight is 487 g/mol. The third-order valence-electron chi connectivity index (χ3n) is 7.36. The number of fused-ring (bicyclic) bond motifs is 1. The molecule has 0 aromatic heterocycles. The number of halogens is 3. The Bertz CT molecular complexity index is 1090. The second-order valence-corrected chi connectivity index (χ2v) is 11.6. The fourth-order valence-electron chi connectivity index (χ4n) is 5.35. The minimum atomic E-state index is -4.33. The van der Waals surface area contributed by atoms with Crippen LogP contribution >= 0.6 is 0 Å². The monoisotopic (exact) mass is 486 g/mol. The summed E-state index contributed by atoms with van der Waals surface area (Å²) in [6.45, 7) is 8.21. The second kappa shape index (κ2) is 8.54. The maximum Gasteiger partial charge on any atom is 0.416 e. The van der Waals surface area contributed by atoms with E-state index in [1.807, 2.05) is 43.9 Å². The molecule has 0 spiro atoms. The first-order chi connectivity index (χ1) is 16.4. The first-order valence-corrected chi connectivity index (χ1v) is 12.4. The fraction of sp³-hybridized carbons (Fsp3) is 0.536. The van der Waals surface area contributed by atoms with E-state index in [9.17, 15) is 18.0 Å². The minimum absolute atomic E-state index is 0.0321. The maximum absolute atomic E-state index is 13.3. The highest BCUT2D eigenvalue weighted by atomic mass is 19.4. The Hall–Kier alpha value is -2.54. The van der Waals surface area contributed by atoms with E-state index in [1.54, 1.807) is 6.07 Å². The molecule has 7 heteroatoms. The molecule has 35 heavy (non-hydrogen) atoms. The Morgan fingerprint density at radius 1 is 1.06 bits per heavy atom. The van der Waals surface area contributed by atoms with Gasteiger partial charge in [-0.3, -0.25) is 4.90 Å². The van der Waals surface area contributed by atoms with Crippen LogP contribution in [0.15, 0.2) is 48.5 Å². The van der Waals surface area contributed by atoms with Gasteiger partial charge in [-0.05, 0) is 68.9 Å². The summed E-state index contributed by atoms with van der Waals surface area (Å²) in [4.78, 5) is 17.4. The summed E-state index contributed by atoms with van der Waals surface area (Å²) in [6.07, 6.45) is -1.65. The molecule has 4 nitrogen and oxygen atoms in total. The molecule has 3 aliphatic rings. The summed E-state index contributed by atoms with van der Waals surface area (Å²) in [5.74, 6) is 0.316. The van der Waals surface area contributed by atoms with Crippen molar-refractivity contribution in [2.24, 2.45) is 5.41 Å². The zero-order valence-corrected chi connectivity index (χ0v) is 20.6. The van der Waals surface area contributed by atoms with E-state index in [4.69, 9.17) is 4.74 Å². The molecule has 1 heterocycles. The molecule has 2 atom stereocenters. The van der Waals surface area contributed by atoms with Gasteiger partial charge in [-0.1, -0.05) is 36.4 Å². The largest absolute Gasteiger partial charge is 0.444 e. The summed E-state index contributed by atoms with van der Waals surface area (Å²) in [7, 11) is 0. The van der Waals surface area contributed by atoms with Crippen LogP contribution in [0.4, 0.5) is 18.0 Å². The summed E-state index contributed by atoms with van der Waals surface area (Å²) >= 11 is 0. The molecule has 0 saturated heterocycles. The molecule has 0 bridgehead atoms. The molecule has 1 aliphatic heterocycles. The lowest BCUT2D eigenvalue weighted by molar-refractivity contribution is -0.137. The molecule has 5 rings (SSSR count). The number of ether oxygens (including phenoxy) is 1. The molecule has 2 aliphatic carbocycles. The number of carbonyl (C=O) groups excluding carboxylic acids is 1. The highest BCUT2D eigenvalue weighted by Gasteiger charge is 2.52. The van der Waals surface area contributed by atoms with Crippen molar-refractivity contribution in [2.45, 2.75) is 76.9 Å². The molecule has 2 fully saturated rings. The zero-order valence-electron chi connectivity index (χ0n) is 20.6. The molecule has 2 aromatic rings. The van der Waals surface area contributed by atoms with E-state index in [1.165, 1.54) is 17.7 Å². The molecular formula is C28H33F3N2O2. The quantitative estimate of drug-likeness (QED) is 0.462. The van der Waals surface area contributed by atoms with Crippen LogP contribution in [-0.4, -0.2) is 40.6 Å². The Morgan fingerprint density at radius 2 is 1.74 bits per heavy atom. The molecule has 188 valence electrons. The number of carbonyl (C=O) groups is 1. The Kier molecular flexibility index (Phi) is 5.90. The smallest absolute Gasteiger partial charge is 0.416 e. The van der Waals surface area contributed by atoms with E-state index >= 15 is 0 Å². The van der Waals surface area contributed by atoms with Gasteiger partial charge in [-0.2, -0.15) is 13.2 Å². The lowest BCUT2D eigenvalue weighted by Crippen LogP contribution is -2.44. The van der Waals surface area contributed by atoms with Crippen LogP contribution < -0.4 is 0 Å². The van der Waals surface area contributed by atoms with Crippen molar-refractivity contribution in [3.05, 3.63) is 70.8 Å². The van der Waals surface area contributed by atoms with Crippen molar-refractivity contribution in [1.82, 2.24) is 9.80 Å². The number of hydrogen-bond donors (Lipinski definition) is 0. The van der Waals surface area contributed by atoms with Gasteiger partial charge in [-0.25, -0.2) is 4.79 Å². The lowest BCUT2D eigenvalue weighted by Gasteiger charge is -2.32. The van der Waals surface area contributed by atoms with Crippen LogP contribution in [0.1, 0.15) is 68.2 Å². The molecule has 0 N–H and O–H groups in total. The van der Waals surface area contributed by atoms with Gasteiger partial charge in [0.1, 0.15) is 5.60 Å². The number of amides is 1. The van der Waals surface area contributed by atoms with Crippen molar-refractivity contribution in [2.75, 3.05) is 13.1 Å². The molecule has 1 unspecified atom stereocenters. The maximum atomic E-state index is 13.3. The van der Waals surface area contributed by atoms with E-state index in [2.05, 4.69) is 17.0 Å². The van der Waals surface area contributed by atoms with Crippen LogP contribution in [-0.2, 0) is 24.0 Å². The molecule has 2 saturated carbocycles. The van der Waals surface area contributed by atoms with Crippen LogP contribution in [0.3, 0.4) is 0 Å². The number of alkyl halides is 3. The van der Waals surface area contributed by atoms with Crippen molar-refractivity contribution < 1.29 is 22.7 Å². The minimum Gasteiger partial charge on any atom is -0.444 e. The SMILES string of the molecule is CC(C)(C)OC(=O)N(CC1(CN2Cc3ccc(C(F)(F)F)cc3C2)CC1)C1C[C@@H]1c1ccccc1. The van der Waals surface area contributed by atoms with Gasteiger partial charge in [0.05, 0.1) is 5.56 Å². The summed E-state index contributed by atoms with van der Waals surface area (Å²) in [5.41, 5.74) is 1.77. The first kappa shape index (κ1) is 24.2. The van der Waals surface area contributed by atoms with Gasteiger partial charge < -0.3 is 9.64 Å². The molecular weight excluding hydrogens is 453 g/mol. The van der Waals surface area contributed by atoms with Crippen LogP contribution in [0, 0.1) is 5.41 Å². The number of hydrogen-bond acceptors (Lipinski definition) is 3. The highest BCUT2D eigenvalue weighted by molar-refractivity contribution is 5.69. The van der Waals surface area contributed by atoms with Crippen molar-refractivity contribution in [1.29, 1.82) is 0 Å². The van der Waals surface area contributed by atoms with Gasteiger partial charge in [0.25, 0.3) is 0 Å². The number of benzene rings is 2. The Balaban J connectivity index is 1.28. The molecule has 2 aromatic carbocycles. The number of nitrogens with zero attached hydrogens (tertiary/aromatic N) is 2. The fourth-order valence-corrected chi connectivity index (χ4v) is 5.35. The third-order valence-corrected chi connectivity index (χ3v) is 7.36. The predicted octanol–water partition coefficient (Wildman–Crippen LogP) is 6.59. The van der Waals surface area contributed by atoms with Crippen molar-refractivity contribution in [3.63, 3.8) is 0 Å². The topological polar surface area (TPSA) is 32.8 Å². The van der Waals surface area contributed by atoms with E-state index in [-0.39, 0.29) is 17.6 Å². The van der Waals surface area contributed by atoms with E-state index in [0.717, 1.165) is 36.9 Å². The average Bonchev–Trinajstić information content (AvgIpc) is 3.67. The summed E-state index contributed by atoms with van der Waals surface area (Å²) < 4.78 is 45.2. The zero-order chi connectivity index (χ0) is 25.0. The van der Waals surface area contributed by atoms with Gasteiger partial charge in [0.2, 0.25) is 0 Å². The third kappa shape index (κ3) is 5.50. The number of rotatable bonds is 6. The molecule has 1 amide bonds. The van der Waals surface area contributed by atoms with Gasteiger partial charge in [-0.15, -0.1) is 0 Å². The predicted molar refractivity (Wildman–Crippen MR) is 128 cm³/mol. The van der Waals surface area contributed by atoms with Crippen molar-refractivity contribution in [3.8, 4) is 0 Å². The van der Waals surface area contributed by atoms with E-state index in [0.29, 0.717) is 25.6 Å². The van der Waals surface area contributed by atoms with Gasteiger partial charge >= 0.3 is 12.3 Å². The summed E-state index contributed by atoms with van der Waals surface area (Å²) in [6, 6.07) is 14.5. The van der Waals surface area contributed by atoms with Crippen LogP contribution in [0.25, 0.3) is 0 Å². The Labute approximate surface area is 205 Å². The lowest BCUT2D eigenvalue weighted by atomic mass is 10.1. The standard InChI is InChI=1S/C28H33F3N2O2/c1-26(2,3)35-25(34)33(24-14-23(24)19-7-5-4-6-8-19)18-27(11-12-27)17-32-15-20-9-10-22(28(29,30)31)13-21(20)16-32/h4-10,13,23-24H,11-12,14-18H2,1-3H3/t23-,24?/m1/s1. The Morgan fingerprint density at radius 3 is 2.37 bits per heavy atom. The van der Waals surface area contributed by atoms with Gasteiger partial charge in [0, 0.05) is 43.6 Å². The highest BCUT2D eigenvalue weighted by Crippen LogP contribution is 2.52. The second-order valence-electron chi connectivity index (χ2n) is 11.6.